The van der Waals surface area contributed by atoms with E-state index < -0.39 is 6.04 Å². The molecule has 2 atom stereocenters. The number of amides is 1. The average Bonchev–Trinajstić information content (AvgIpc) is 3.31. The van der Waals surface area contributed by atoms with Crippen molar-refractivity contribution < 1.29 is 9.32 Å². The summed E-state index contributed by atoms with van der Waals surface area (Å²) >= 11 is 0. The van der Waals surface area contributed by atoms with Crippen molar-refractivity contribution in [3.8, 4) is 17.5 Å². The van der Waals surface area contributed by atoms with E-state index in [9.17, 15) is 4.79 Å². The zero-order valence-electron chi connectivity index (χ0n) is 18.9. The molecule has 0 radical (unpaired) electrons. The molecule has 4 aromatic rings. The summed E-state index contributed by atoms with van der Waals surface area (Å²) in [4.78, 5) is 21.7. The molecule has 2 aromatic carbocycles. The molecule has 2 heterocycles. The van der Waals surface area contributed by atoms with Gasteiger partial charge in [0.05, 0.1) is 11.6 Å². The first-order chi connectivity index (χ1) is 16.5. The van der Waals surface area contributed by atoms with Gasteiger partial charge in [0.15, 0.2) is 0 Å². The van der Waals surface area contributed by atoms with E-state index in [0.29, 0.717) is 35.2 Å². The normalized spacial score (nSPS) is 12.5. The second kappa shape index (κ2) is 10.5. The second-order valence-electron chi connectivity index (χ2n) is 7.95. The lowest BCUT2D eigenvalue weighted by atomic mass is 9.98. The van der Waals surface area contributed by atoms with Crippen molar-refractivity contribution in [3.05, 3.63) is 95.5 Å². The highest BCUT2D eigenvalue weighted by molar-refractivity contribution is 5.94. The first-order valence-corrected chi connectivity index (χ1v) is 10.9. The summed E-state index contributed by atoms with van der Waals surface area (Å²) in [5.41, 5.74) is 3.26. The highest BCUT2D eigenvalue weighted by atomic mass is 16.5. The Morgan fingerprint density at radius 3 is 2.44 bits per heavy atom. The average molecular weight is 453 g/mol. The number of anilines is 1. The number of nitrogens with one attached hydrogen (secondary N) is 2. The van der Waals surface area contributed by atoms with Crippen LogP contribution < -0.4 is 10.6 Å². The molecule has 0 saturated carbocycles. The van der Waals surface area contributed by atoms with Gasteiger partial charge >= 0.3 is 0 Å². The largest absolute Gasteiger partial charge is 0.339 e. The van der Waals surface area contributed by atoms with E-state index in [0.717, 1.165) is 11.1 Å². The van der Waals surface area contributed by atoms with Gasteiger partial charge < -0.3 is 15.2 Å². The fourth-order valence-corrected chi connectivity index (χ4v) is 3.52. The molecule has 2 N–H and O–H groups in total. The van der Waals surface area contributed by atoms with Gasteiger partial charge in [0.25, 0.3) is 0 Å². The predicted octanol–water partition coefficient (Wildman–Crippen LogP) is 4.38. The minimum absolute atomic E-state index is 0.141. The van der Waals surface area contributed by atoms with Crippen molar-refractivity contribution in [2.75, 3.05) is 11.9 Å². The molecule has 2 aromatic heterocycles. The lowest BCUT2D eigenvalue weighted by molar-refractivity contribution is -0.118. The van der Waals surface area contributed by atoms with E-state index >= 15 is 0 Å². The Morgan fingerprint density at radius 2 is 1.82 bits per heavy atom. The third-order valence-corrected chi connectivity index (χ3v) is 5.43. The highest BCUT2D eigenvalue weighted by Gasteiger charge is 2.22. The summed E-state index contributed by atoms with van der Waals surface area (Å²) < 4.78 is 5.00. The molecule has 0 spiro atoms. The number of rotatable bonds is 8. The van der Waals surface area contributed by atoms with E-state index in [2.05, 4.69) is 38.8 Å². The third kappa shape index (κ3) is 5.52. The van der Waals surface area contributed by atoms with E-state index in [4.69, 9.17) is 9.78 Å². The van der Waals surface area contributed by atoms with Crippen molar-refractivity contribution in [1.82, 2.24) is 20.4 Å². The fraction of sp³-hybridized carbons (Fsp3) is 0.192. The number of pyridine rings is 1. The maximum atomic E-state index is 13.2. The van der Waals surface area contributed by atoms with E-state index in [1.54, 1.807) is 37.4 Å². The molecule has 8 heteroatoms. The molecule has 4 rings (SSSR count). The van der Waals surface area contributed by atoms with E-state index in [-0.39, 0.29) is 11.8 Å². The summed E-state index contributed by atoms with van der Waals surface area (Å²) in [6.07, 6.45) is 1.60. The van der Waals surface area contributed by atoms with Crippen LogP contribution in [-0.4, -0.2) is 27.6 Å². The summed E-state index contributed by atoms with van der Waals surface area (Å²) in [7, 11) is 0. The predicted molar refractivity (Wildman–Crippen MR) is 128 cm³/mol. The Kier molecular flexibility index (Phi) is 7.06. The van der Waals surface area contributed by atoms with Crippen LogP contribution in [0.2, 0.25) is 0 Å². The van der Waals surface area contributed by atoms with Gasteiger partial charge in [-0.3, -0.25) is 4.79 Å². The monoisotopic (exact) mass is 452 g/mol. The van der Waals surface area contributed by atoms with Crippen LogP contribution in [0.3, 0.4) is 0 Å². The zero-order chi connectivity index (χ0) is 23.9. The van der Waals surface area contributed by atoms with Crippen LogP contribution in [0.5, 0.6) is 0 Å². The molecule has 0 saturated heterocycles. The number of nitriles is 1. The van der Waals surface area contributed by atoms with Gasteiger partial charge in [-0.2, -0.15) is 10.2 Å². The minimum atomic E-state index is -0.566. The lowest BCUT2D eigenvalue weighted by Crippen LogP contribution is -2.35. The second-order valence-corrected chi connectivity index (χ2v) is 7.95. The van der Waals surface area contributed by atoms with Crippen LogP contribution in [0.15, 0.2) is 77.4 Å². The maximum absolute atomic E-state index is 13.2. The smallest absolute Gasteiger partial charge is 0.247 e. The number of nitrogens with zero attached hydrogens (tertiary/aromatic N) is 4. The van der Waals surface area contributed by atoms with Crippen LogP contribution in [0, 0.1) is 18.3 Å². The lowest BCUT2D eigenvalue weighted by Gasteiger charge is -2.21. The molecular weight excluding hydrogens is 428 g/mol. The van der Waals surface area contributed by atoms with Crippen molar-refractivity contribution in [2.24, 2.45) is 0 Å². The number of carbonyl (C=O) groups excluding carboxylic acids is 1. The number of hydrogen-bond acceptors (Lipinski definition) is 7. The third-order valence-electron chi connectivity index (χ3n) is 5.43. The zero-order valence-corrected chi connectivity index (χ0v) is 18.9. The van der Waals surface area contributed by atoms with Crippen LogP contribution in [0.1, 0.15) is 41.5 Å². The van der Waals surface area contributed by atoms with Crippen molar-refractivity contribution in [2.45, 2.75) is 25.8 Å². The minimum Gasteiger partial charge on any atom is -0.339 e. The number of hydrogen-bond donors (Lipinski definition) is 2. The van der Waals surface area contributed by atoms with Crippen molar-refractivity contribution in [3.63, 3.8) is 0 Å². The Balaban J connectivity index is 1.46. The summed E-state index contributed by atoms with van der Waals surface area (Å²) in [6, 6.07) is 22.1. The molecule has 170 valence electrons. The standard InChI is InChI=1S/C26H24N6O2/c1-17(20-10-8-19(14-27)9-11-20)15-29-24(21-6-4-3-5-7-21)26(33)31-23-13-12-22(16-28-23)25-30-18(2)34-32-25/h3-13,16-17,24,29H,15H2,1-2H3,(H,28,31,33)/t17-,24+/m1/s1. The van der Waals surface area contributed by atoms with Crippen molar-refractivity contribution in [1.29, 1.82) is 5.26 Å². The van der Waals surface area contributed by atoms with E-state index in [1.165, 1.54) is 0 Å². The van der Waals surface area contributed by atoms with Crippen LogP contribution >= 0.6 is 0 Å². The molecule has 0 aliphatic carbocycles. The Bertz CT molecular complexity index is 1280. The summed E-state index contributed by atoms with van der Waals surface area (Å²) in [6.45, 7) is 4.37. The SMILES string of the molecule is Cc1nc(-c2ccc(NC(=O)[C@@H](NC[C@@H](C)c3ccc(C#N)cc3)c3ccccc3)nc2)no1. The molecule has 0 bridgehead atoms. The molecule has 0 unspecified atom stereocenters. The van der Waals surface area contributed by atoms with E-state index in [1.807, 2.05) is 42.5 Å². The Hall–Kier alpha value is -4.35. The number of carbonyl (C=O) groups is 1. The van der Waals surface area contributed by atoms with Crippen molar-refractivity contribution >= 4 is 11.7 Å². The highest BCUT2D eigenvalue weighted by Crippen LogP contribution is 2.21. The molecule has 1 amide bonds. The topological polar surface area (TPSA) is 117 Å². The van der Waals surface area contributed by atoms with Gasteiger partial charge in [-0.25, -0.2) is 4.98 Å². The maximum Gasteiger partial charge on any atom is 0.247 e. The van der Waals surface area contributed by atoms with Crippen LogP contribution in [0.4, 0.5) is 5.82 Å². The van der Waals surface area contributed by atoms with Gasteiger partial charge in [0.1, 0.15) is 11.9 Å². The summed E-state index contributed by atoms with van der Waals surface area (Å²) in [5, 5.41) is 19.2. The van der Waals surface area contributed by atoms with Gasteiger partial charge in [-0.05, 0) is 41.3 Å². The van der Waals surface area contributed by atoms with Crippen LogP contribution in [0.25, 0.3) is 11.4 Å². The summed E-state index contributed by atoms with van der Waals surface area (Å²) in [5.74, 6) is 1.27. The first kappa shape index (κ1) is 22.8. The van der Waals surface area contributed by atoms with Gasteiger partial charge in [0, 0.05) is 25.2 Å². The molecule has 0 fully saturated rings. The molecular formula is C26H24N6O2. The Morgan fingerprint density at radius 1 is 1.06 bits per heavy atom. The van der Waals surface area contributed by atoms with Gasteiger partial charge in [-0.15, -0.1) is 0 Å². The number of aryl methyl sites for hydroxylation is 1. The first-order valence-electron chi connectivity index (χ1n) is 10.9. The molecule has 8 nitrogen and oxygen atoms in total. The molecule has 0 aliphatic heterocycles. The molecule has 0 aliphatic rings. The Labute approximate surface area is 197 Å². The molecule has 34 heavy (non-hydrogen) atoms. The van der Waals surface area contributed by atoms with Gasteiger partial charge in [0.2, 0.25) is 17.6 Å². The quantitative estimate of drug-likeness (QED) is 0.407. The number of aromatic nitrogens is 3. The van der Waals surface area contributed by atoms with Gasteiger partial charge in [-0.1, -0.05) is 54.5 Å². The number of benzene rings is 2. The van der Waals surface area contributed by atoms with Crippen LogP contribution in [-0.2, 0) is 4.79 Å². The fourth-order valence-electron chi connectivity index (χ4n) is 3.52.